The van der Waals surface area contributed by atoms with Crippen LogP contribution in [0.15, 0.2) is 24.4 Å². The van der Waals surface area contributed by atoms with Crippen LogP contribution in [0.1, 0.15) is 29.8 Å². The standard InChI is InChI=1S/C15H18N4O2/c1-21-14-9-11(5-6-16-14)12-10-13(18-17-12)15(20)19-7-3-2-4-8-19/h5-6,9-10H,2-4,7-8H2,1H3,(H,17,18). The predicted molar refractivity (Wildman–Crippen MR) is 78.1 cm³/mol. The molecule has 2 aromatic rings. The summed E-state index contributed by atoms with van der Waals surface area (Å²) in [5.74, 6) is 0.550. The van der Waals surface area contributed by atoms with Gasteiger partial charge in [-0.15, -0.1) is 0 Å². The molecule has 0 aromatic carbocycles. The van der Waals surface area contributed by atoms with E-state index in [0.717, 1.165) is 37.2 Å². The minimum Gasteiger partial charge on any atom is -0.481 e. The fourth-order valence-electron chi connectivity index (χ4n) is 2.53. The van der Waals surface area contributed by atoms with Crippen molar-refractivity contribution in [2.75, 3.05) is 20.2 Å². The molecule has 1 fully saturated rings. The number of H-pyrrole nitrogens is 1. The van der Waals surface area contributed by atoms with Gasteiger partial charge in [0.05, 0.1) is 12.8 Å². The number of hydrogen-bond donors (Lipinski definition) is 1. The van der Waals surface area contributed by atoms with E-state index >= 15 is 0 Å². The van der Waals surface area contributed by atoms with Gasteiger partial charge < -0.3 is 9.64 Å². The minimum atomic E-state index is 0.0227. The van der Waals surface area contributed by atoms with E-state index < -0.39 is 0 Å². The number of rotatable bonds is 3. The number of aromatic nitrogens is 3. The summed E-state index contributed by atoms with van der Waals surface area (Å²) in [6.45, 7) is 1.66. The van der Waals surface area contributed by atoms with Crippen molar-refractivity contribution in [3.63, 3.8) is 0 Å². The molecule has 6 nitrogen and oxygen atoms in total. The number of pyridine rings is 1. The maximum Gasteiger partial charge on any atom is 0.271 e. The third-order valence-corrected chi connectivity index (χ3v) is 3.69. The van der Waals surface area contributed by atoms with E-state index in [4.69, 9.17) is 4.74 Å². The van der Waals surface area contributed by atoms with E-state index in [1.165, 1.54) is 6.42 Å². The Hall–Kier alpha value is -2.37. The van der Waals surface area contributed by atoms with Gasteiger partial charge in [-0.2, -0.15) is 5.10 Å². The molecule has 6 heteroatoms. The van der Waals surface area contributed by atoms with Crippen molar-refractivity contribution >= 4 is 5.91 Å². The topological polar surface area (TPSA) is 71.1 Å². The molecule has 0 bridgehead atoms. The van der Waals surface area contributed by atoms with Crippen molar-refractivity contribution in [1.82, 2.24) is 20.1 Å². The Labute approximate surface area is 123 Å². The van der Waals surface area contributed by atoms with Crippen LogP contribution in [0.25, 0.3) is 11.3 Å². The lowest BCUT2D eigenvalue weighted by atomic mass is 10.1. The summed E-state index contributed by atoms with van der Waals surface area (Å²) in [6.07, 6.45) is 5.02. The Kier molecular flexibility index (Phi) is 3.85. The molecule has 110 valence electrons. The molecular weight excluding hydrogens is 268 g/mol. The molecule has 3 heterocycles. The number of amides is 1. The molecule has 3 rings (SSSR count). The van der Waals surface area contributed by atoms with Crippen LogP contribution in [-0.2, 0) is 0 Å². The third kappa shape index (κ3) is 2.89. The van der Waals surface area contributed by atoms with E-state index in [1.807, 2.05) is 11.0 Å². The maximum atomic E-state index is 12.4. The summed E-state index contributed by atoms with van der Waals surface area (Å²) in [4.78, 5) is 18.3. The number of methoxy groups -OCH3 is 1. The van der Waals surface area contributed by atoms with Gasteiger partial charge in [0.25, 0.3) is 5.91 Å². The Morgan fingerprint density at radius 1 is 1.29 bits per heavy atom. The van der Waals surface area contributed by atoms with Gasteiger partial charge in [0, 0.05) is 30.9 Å². The van der Waals surface area contributed by atoms with Gasteiger partial charge in [-0.3, -0.25) is 9.89 Å². The third-order valence-electron chi connectivity index (χ3n) is 3.69. The minimum absolute atomic E-state index is 0.0227. The number of nitrogens with zero attached hydrogens (tertiary/aromatic N) is 3. The number of likely N-dealkylation sites (tertiary alicyclic amines) is 1. The lowest BCUT2D eigenvalue weighted by Gasteiger charge is -2.25. The van der Waals surface area contributed by atoms with Gasteiger partial charge in [-0.05, 0) is 31.4 Å². The molecule has 0 spiro atoms. The van der Waals surface area contributed by atoms with Crippen LogP contribution in [0.3, 0.4) is 0 Å². The lowest BCUT2D eigenvalue weighted by molar-refractivity contribution is 0.0718. The second-order valence-corrected chi connectivity index (χ2v) is 5.11. The van der Waals surface area contributed by atoms with Crippen LogP contribution in [-0.4, -0.2) is 46.2 Å². The van der Waals surface area contributed by atoms with Crippen LogP contribution in [0.5, 0.6) is 5.88 Å². The Balaban J connectivity index is 1.80. The fourth-order valence-corrected chi connectivity index (χ4v) is 2.53. The monoisotopic (exact) mass is 286 g/mol. The van der Waals surface area contributed by atoms with E-state index in [9.17, 15) is 4.79 Å². The number of carbonyl (C=O) groups excluding carboxylic acids is 1. The van der Waals surface area contributed by atoms with Crippen LogP contribution >= 0.6 is 0 Å². The van der Waals surface area contributed by atoms with Crippen LogP contribution < -0.4 is 4.74 Å². The average molecular weight is 286 g/mol. The number of aromatic amines is 1. The molecular formula is C15H18N4O2. The zero-order valence-corrected chi connectivity index (χ0v) is 12.0. The molecule has 2 aromatic heterocycles. The van der Waals surface area contributed by atoms with Crippen LogP contribution in [0, 0.1) is 0 Å². The van der Waals surface area contributed by atoms with E-state index in [1.54, 1.807) is 25.4 Å². The number of nitrogens with one attached hydrogen (secondary N) is 1. The lowest BCUT2D eigenvalue weighted by Crippen LogP contribution is -2.35. The van der Waals surface area contributed by atoms with Crippen molar-refractivity contribution in [2.45, 2.75) is 19.3 Å². The number of carbonyl (C=O) groups is 1. The highest BCUT2D eigenvalue weighted by atomic mass is 16.5. The van der Waals surface area contributed by atoms with Gasteiger partial charge in [-0.25, -0.2) is 4.98 Å². The van der Waals surface area contributed by atoms with Gasteiger partial charge in [0.2, 0.25) is 5.88 Å². The summed E-state index contributed by atoms with van der Waals surface area (Å²) in [6, 6.07) is 5.42. The normalized spacial score (nSPS) is 15.0. The van der Waals surface area contributed by atoms with Crippen LogP contribution in [0.2, 0.25) is 0 Å². The molecule has 0 aliphatic carbocycles. The van der Waals surface area contributed by atoms with Gasteiger partial charge >= 0.3 is 0 Å². The summed E-state index contributed by atoms with van der Waals surface area (Å²) in [5, 5.41) is 7.06. The van der Waals surface area contributed by atoms with Gasteiger partial charge in [-0.1, -0.05) is 0 Å². The summed E-state index contributed by atoms with van der Waals surface area (Å²) < 4.78 is 5.10. The largest absolute Gasteiger partial charge is 0.481 e. The Morgan fingerprint density at radius 2 is 2.10 bits per heavy atom. The highest BCUT2D eigenvalue weighted by Crippen LogP contribution is 2.21. The second-order valence-electron chi connectivity index (χ2n) is 5.11. The van der Waals surface area contributed by atoms with E-state index in [0.29, 0.717) is 11.6 Å². The predicted octanol–water partition coefficient (Wildman–Crippen LogP) is 2.11. The average Bonchev–Trinajstić information content (AvgIpc) is 3.05. The quantitative estimate of drug-likeness (QED) is 0.938. The number of hydrogen-bond acceptors (Lipinski definition) is 4. The first-order chi connectivity index (χ1) is 10.3. The SMILES string of the molecule is COc1cc(-c2cc(C(=O)N3CCCCC3)[nH]n2)ccn1. The molecule has 0 saturated carbocycles. The Bertz CT molecular complexity index is 632. The van der Waals surface area contributed by atoms with Gasteiger partial charge in [0.1, 0.15) is 5.69 Å². The zero-order valence-electron chi connectivity index (χ0n) is 12.0. The van der Waals surface area contributed by atoms with Gasteiger partial charge in [0.15, 0.2) is 0 Å². The summed E-state index contributed by atoms with van der Waals surface area (Å²) in [5.41, 5.74) is 2.12. The van der Waals surface area contributed by atoms with Crippen molar-refractivity contribution < 1.29 is 9.53 Å². The van der Waals surface area contributed by atoms with E-state index in [-0.39, 0.29) is 5.91 Å². The van der Waals surface area contributed by atoms with E-state index in [2.05, 4.69) is 15.2 Å². The molecule has 1 aliphatic heterocycles. The molecule has 1 amide bonds. The number of ether oxygens (including phenoxy) is 1. The molecule has 1 saturated heterocycles. The van der Waals surface area contributed by atoms with Crippen molar-refractivity contribution in [2.24, 2.45) is 0 Å². The molecule has 1 N–H and O–H groups in total. The fraction of sp³-hybridized carbons (Fsp3) is 0.400. The molecule has 21 heavy (non-hydrogen) atoms. The first kappa shape index (κ1) is 13.6. The smallest absolute Gasteiger partial charge is 0.271 e. The maximum absolute atomic E-state index is 12.4. The first-order valence-electron chi connectivity index (χ1n) is 7.13. The number of piperidine rings is 1. The van der Waals surface area contributed by atoms with Crippen molar-refractivity contribution in [1.29, 1.82) is 0 Å². The second kappa shape index (κ2) is 5.95. The molecule has 0 atom stereocenters. The summed E-state index contributed by atoms with van der Waals surface area (Å²) in [7, 11) is 1.57. The first-order valence-corrected chi connectivity index (χ1v) is 7.13. The highest BCUT2D eigenvalue weighted by molar-refractivity contribution is 5.93. The summed E-state index contributed by atoms with van der Waals surface area (Å²) >= 11 is 0. The highest BCUT2D eigenvalue weighted by Gasteiger charge is 2.20. The molecule has 1 aliphatic rings. The zero-order chi connectivity index (χ0) is 14.7. The van der Waals surface area contributed by atoms with Crippen molar-refractivity contribution in [3.05, 3.63) is 30.1 Å². The van der Waals surface area contributed by atoms with Crippen LogP contribution in [0.4, 0.5) is 0 Å². The molecule has 0 radical (unpaired) electrons. The Morgan fingerprint density at radius 3 is 2.86 bits per heavy atom. The van der Waals surface area contributed by atoms with Crippen molar-refractivity contribution in [3.8, 4) is 17.1 Å². The molecule has 0 unspecified atom stereocenters.